The van der Waals surface area contributed by atoms with Crippen LogP contribution in [0, 0.1) is 6.92 Å². The third-order valence-corrected chi connectivity index (χ3v) is 5.66. The van der Waals surface area contributed by atoms with Gasteiger partial charge in [-0.1, -0.05) is 6.07 Å². The smallest absolute Gasteiger partial charge is 0.222 e. The van der Waals surface area contributed by atoms with Crippen molar-refractivity contribution in [3.63, 3.8) is 0 Å². The Hall–Kier alpha value is -1.50. The number of carbonyl (C=O) groups is 1. The lowest BCUT2D eigenvalue weighted by Gasteiger charge is -2.36. The SMILES string of the molecule is Cc1cccnc1CN1CCN(C(=O)CC[C@H](C)N2CCOCC2)CC1. The summed E-state index contributed by atoms with van der Waals surface area (Å²) in [5.41, 5.74) is 2.38. The Morgan fingerprint density at radius 2 is 1.92 bits per heavy atom. The second-order valence-electron chi connectivity index (χ2n) is 7.46. The van der Waals surface area contributed by atoms with Crippen molar-refractivity contribution in [3.8, 4) is 0 Å². The topological polar surface area (TPSA) is 48.9 Å². The monoisotopic (exact) mass is 360 g/mol. The maximum Gasteiger partial charge on any atom is 0.222 e. The normalized spacial score (nSPS) is 20.9. The summed E-state index contributed by atoms with van der Waals surface area (Å²) in [6, 6.07) is 4.54. The number of pyridine rings is 1. The van der Waals surface area contributed by atoms with Crippen LogP contribution in [-0.4, -0.2) is 84.1 Å². The summed E-state index contributed by atoms with van der Waals surface area (Å²) >= 11 is 0. The van der Waals surface area contributed by atoms with Crippen molar-refractivity contribution in [1.82, 2.24) is 19.7 Å². The summed E-state index contributed by atoms with van der Waals surface area (Å²) in [5, 5.41) is 0. The molecule has 2 aliphatic rings. The van der Waals surface area contributed by atoms with Gasteiger partial charge in [0, 0.05) is 64.5 Å². The number of hydrogen-bond acceptors (Lipinski definition) is 5. The van der Waals surface area contributed by atoms with Crippen LogP contribution >= 0.6 is 0 Å². The third-order valence-electron chi connectivity index (χ3n) is 5.66. The molecule has 144 valence electrons. The molecule has 2 fully saturated rings. The van der Waals surface area contributed by atoms with Crippen molar-refractivity contribution in [2.45, 2.75) is 39.3 Å². The highest BCUT2D eigenvalue weighted by Gasteiger charge is 2.23. The van der Waals surface area contributed by atoms with Gasteiger partial charge in [0.2, 0.25) is 5.91 Å². The molecule has 0 radical (unpaired) electrons. The number of morpholine rings is 1. The molecule has 0 unspecified atom stereocenters. The van der Waals surface area contributed by atoms with Crippen LogP contribution in [0.15, 0.2) is 18.3 Å². The average Bonchev–Trinajstić information content (AvgIpc) is 2.69. The fourth-order valence-electron chi connectivity index (χ4n) is 3.74. The zero-order valence-electron chi connectivity index (χ0n) is 16.2. The molecule has 0 bridgehead atoms. The lowest BCUT2D eigenvalue weighted by molar-refractivity contribution is -0.133. The molecule has 26 heavy (non-hydrogen) atoms. The van der Waals surface area contributed by atoms with Gasteiger partial charge in [-0.05, 0) is 31.9 Å². The van der Waals surface area contributed by atoms with Crippen LogP contribution in [-0.2, 0) is 16.1 Å². The zero-order valence-corrected chi connectivity index (χ0v) is 16.2. The van der Waals surface area contributed by atoms with Gasteiger partial charge in [-0.2, -0.15) is 0 Å². The maximum absolute atomic E-state index is 12.6. The fourth-order valence-corrected chi connectivity index (χ4v) is 3.74. The third kappa shape index (κ3) is 5.25. The van der Waals surface area contributed by atoms with Crippen LogP contribution in [0.3, 0.4) is 0 Å². The first-order valence-corrected chi connectivity index (χ1v) is 9.86. The molecular formula is C20H32N4O2. The molecule has 6 heteroatoms. The maximum atomic E-state index is 12.6. The van der Waals surface area contributed by atoms with Crippen molar-refractivity contribution >= 4 is 5.91 Å². The van der Waals surface area contributed by atoms with E-state index in [2.05, 4.69) is 34.7 Å². The first-order chi connectivity index (χ1) is 12.6. The Labute approximate surface area is 157 Å². The van der Waals surface area contributed by atoms with Gasteiger partial charge in [-0.3, -0.25) is 19.6 Å². The number of ether oxygens (including phenoxy) is 1. The van der Waals surface area contributed by atoms with E-state index in [0.717, 1.165) is 71.1 Å². The second kappa shape index (κ2) is 9.44. The van der Waals surface area contributed by atoms with Crippen molar-refractivity contribution in [1.29, 1.82) is 0 Å². The highest BCUT2D eigenvalue weighted by molar-refractivity contribution is 5.76. The van der Waals surface area contributed by atoms with E-state index in [0.29, 0.717) is 18.4 Å². The molecule has 0 aliphatic carbocycles. The Balaban J connectivity index is 1.38. The second-order valence-corrected chi connectivity index (χ2v) is 7.46. The molecule has 0 aromatic carbocycles. The van der Waals surface area contributed by atoms with Crippen molar-refractivity contribution in [3.05, 3.63) is 29.6 Å². The lowest BCUT2D eigenvalue weighted by Crippen LogP contribution is -2.48. The fraction of sp³-hybridized carbons (Fsp3) is 0.700. The van der Waals surface area contributed by atoms with Crippen molar-refractivity contribution in [2.75, 3.05) is 52.5 Å². The van der Waals surface area contributed by atoms with E-state index in [1.807, 2.05) is 17.2 Å². The number of hydrogen-bond donors (Lipinski definition) is 0. The summed E-state index contributed by atoms with van der Waals surface area (Å²) in [6.45, 7) is 12.3. The molecule has 3 heterocycles. The first kappa shape index (κ1) is 19.3. The van der Waals surface area contributed by atoms with Gasteiger partial charge in [0.05, 0.1) is 18.9 Å². The molecule has 1 amide bonds. The summed E-state index contributed by atoms with van der Waals surface area (Å²) in [5.74, 6) is 0.304. The molecule has 2 aliphatic heterocycles. The zero-order chi connectivity index (χ0) is 18.4. The number of carbonyl (C=O) groups excluding carboxylic acids is 1. The van der Waals surface area contributed by atoms with Crippen molar-refractivity contribution in [2.24, 2.45) is 0 Å². The van der Waals surface area contributed by atoms with Crippen LogP contribution in [0.2, 0.25) is 0 Å². The predicted molar refractivity (Wildman–Crippen MR) is 102 cm³/mol. The summed E-state index contributed by atoms with van der Waals surface area (Å²) in [4.78, 5) is 23.9. The van der Waals surface area contributed by atoms with E-state index in [4.69, 9.17) is 4.74 Å². The Kier molecular flexibility index (Phi) is 7.00. The molecule has 0 spiro atoms. The number of nitrogens with zero attached hydrogens (tertiary/aromatic N) is 4. The van der Waals surface area contributed by atoms with Crippen molar-refractivity contribution < 1.29 is 9.53 Å². The number of aryl methyl sites for hydroxylation is 1. The minimum atomic E-state index is 0.304. The standard InChI is InChI=1S/C20H32N4O2/c1-17-4-3-7-21-19(17)16-22-8-10-24(11-9-22)20(25)6-5-18(2)23-12-14-26-15-13-23/h3-4,7,18H,5-6,8-16H2,1-2H3/t18-/m0/s1. The number of piperazine rings is 1. The minimum absolute atomic E-state index is 0.304. The Morgan fingerprint density at radius 3 is 2.62 bits per heavy atom. The largest absolute Gasteiger partial charge is 0.379 e. The first-order valence-electron chi connectivity index (χ1n) is 9.86. The van der Waals surface area contributed by atoms with E-state index in [9.17, 15) is 4.79 Å². The van der Waals surface area contributed by atoms with Gasteiger partial charge in [-0.25, -0.2) is 0 Å². The van der Waals surface area contributed by atoms with Gasteiger partial charge < -0.3 is 9.64 Å². The van der Waals surface area contributed by atoms with E-state index in [-0.39, 0.29) is 0 Å². The Bertz CT molecular complexity index is 581. The minimum Gasteiger partial charge on any atom is -0.379 e. The molecular weight excluding hydrogens is 328 g/mol. The van der Waals surface area contributed by atoms with Crippen LogP contribution in [0.25, 0.3) is 0 Å². The van der Waals surface area contributed by atoms with E-state index in [1.165, 1.54) is 5.56 Å². The van der Waals surface area contributed by atoms with Crippen LogP contribution < -0.4 is 0 Å². The number of rotatable bonds is 6. The van der Waals surface area contributed by atoms with Gasteiger partial charge in [0.25, 0.3) is 0 Å². The molecule has 6 nitrogen and oxygen atoms in total. The summed E-state index contributed by atoms with van der Waals surface area (Å²) in [7, 11) is 0. The highest BCUT2D eigenvalue weighted by atomic mass is 16.5. The predicted octanol–water partition coefficient (Wildman–Crippen LogP) is 1.54. The van der Waals surface area contributed by atoms with Gasteiger partial charge >= 0.3 is 0 Å². The molecule has 0 saturated carbocycles. The molecule has 3 rings (SSSR count). The lowest BCUT2D eigenvalue weighted by atomic mass is 10.1. The van der Waals surface area contributed by atoms with Gasteiger partial charge in [-0.15, -0.1) is 0 Å². The Morgan fingerprint density at radius 1 is 1.19 bits per heavy atom. The molecule has 2 saturated heterocycles. The highest BCUT2D eigenvalue weighted by Crippen LogP contribution is 2.13. The van der Waals surface area contributed by atoms with Crippen LogP contribution in [0.5, 0.6) is 0 Å². The molecule has 1 atom stereocenters. The number of aromatic nitrogens is 1. The van der Waals surface area contributed by atoms with Crippen LogP contribution in [0.4, 0.5) is 0 Å². The average molecular weight is 361 g/mol. The molecule has 1 aromatic rings. The quantitative estimate of drug-likeness (QED) is 0.770. The number of amides is 1. The molecule has 0 N–H and O–H groups in total. The van der Waals surface area contributed by atoms with E-state index >= 15 is 0 Å². The van der Waals surface area contributed by atoms with Gasteiger partial charge in [0.1, 0.15) is 0 Å². The van der Waals surface area contributed by atoms with E-state index in [1.54, 1.807) is 0 Å². The summed E-state index contributed by atoms with van der Waals surface area (Å²) in [6.07, 6.45) is 3.45. The molecule has 1 aromatic heterocycles. The van der Waals surface area contributed by atoms with E-state index < -0.39 is 0 Å². The van der Waals surface area contributed by atoms with Crippen LogP contribution in [0.1, 0.15) is 31.0 Å². The summed E-state index contributed by atoms with van der Waals surface area (Å²) < 4.78 is 5.40. The van der Waals surface area contributed by atoms with Gasteiger partial charge in [0.15, 0.2) is 0 Å².